The number of hydrogen-bond donors (Lipinski definition) is 1. The van der Waals surface area contributed by atoms with Crippen LogP contribution in [0.3, 0.4) is 0 Å². The number of amides is 1. The molecule has 0 atom stereocenters. The molecule has 1 aromatic rings. The van der Waals surface area contributed by atoms with E-state index in [-0.39, 0.29) is 17.5 Å². The van der Waals surface area contributed by atoms with Gasteiger partial charge < -0.3 is 14.8 Å². The van der Waals surface area contributed by atoms with Gasteiger partial charge in [-0.1, -0.05) is 18.9 Å². The fourth-order valence-corrected chi connectivity index (χ4v) is 2.59. The minimum absolute atomic E-state index is 0.0964. The maximum Gasteiger partial charge on any atom is 0.262 e. The number of ether oxygens (including phenoxy) is 2. The van der Waals surface area contributed by atoms with Crippen LogP contribution in [0.4, 0.5) is 0 Å². The standard InChI is InChI=1S/C17H20N2O3/c1-21-15-8-7-12(10-16(15)22-2)9-13(11-18)17(20)19-14-5-3-4-6-14/h7-10,14H,3-6H2,1-2H3,(H,19,20)/b13-9-. The number of nitrogens with one attached hydrogen (secondary N) is 1. The largest absolute Gasteiger partial charge is 0.493 e. The molecule has 5 nitrogen and oxygen atoms in total. The molecule has 1 saturated carbocycles. The molecule has 0 heterocycles. The highest BCUT2D eigenvalue weighted by atomic mass is 16.5. The van der Waals surface area contributed by atoms with Gasteiger partial charge in [0, 0.05) is 6.04 Å². The summed E-state index contributed by atoms with van der Waals surface area (Å²) in [6.07, 6.45) is 5.80. The monoisotopic (exact) mass is 300 g/mol. The van der Waals surface area contributed by atoms with Crippen molar-refractivity contribution in [1.29, 1.82) is 5.26 Å². The van der Waals surface area contributed by atoms with E-state index >= 15 is 0 Å². The van der Waals surface area contributed by atoms with E-state index in [1.54, 1.807) is 38.5 Å². The van der Waals surface area contributed by atoms with Gasteiger partial charge in [0.05, 0.1) is 14.2 Å². The smallest absolute Gasteiger partial charge is 0.262 e. The third kappa shape index (κ3) is 3.79. The minimum atomic E-state index is -0.316. The number of methoxy groups -OCH3 is 2. The molecule has 1 fully saturated rings. The topological polar surface area (TPSA) is 71.3 Å². The molecule has 2 rings (SSSR count). The fraction of sp³-hybridized carbons (Fsp3) is 0.412. The number of carbonyl (C=O) groups excluding carboxylic acids is 1. The van der Waals surface area contributed by atoms with Gasteiger partial charge in [-0.3, -0.25) is 4.79 Å². The molecule has 1 aromatic carbocycles. The van der Waals surface area contributed by atoms with Crippen LogP contribution in [0.15, 0.2) is 23.8 Å². The van der Waals surface area contributed by atoms with Crippen molar-refractivity contribution < 1.29 is 14.3 Å². The van der Waals surface area contributed by atoms with Crippen molar-refractivity contribution in [1.82, 2.24) is 5.32 Å². The van der Waals surface area contributed by atoms with E-state index in [0.29, 0.717) is 11.5 Å². The van der Waals surface area contributed by atoms with Crippen LogP contribution in [-0.2, 0) is 4.79 Å². The van der Waals surface area contributed by atoms with E-state index < -0.39 is 0 Å². The summed E-state index contributed by atoms with van der Waals surface area (Å²) in [6, 6.07) is 7.42. The summed E-state index contributed by atoms with van der Waals surface area (Å²) in [5.74, 6) is 0.850. The first-order valence-corrected chi connectivity index (χ1v) is 7.32. The Bertz CT molecular complexity index is 611. The van der Waals surface area contributed by atoms with Crippen molar-refractivity contribution in [2.24, 2.45) is 0 Å². The summed E-state index contributed by atoms with van der Waals surface area (Å²) >= 11 is 0. The second kappa shape index (κ2) is 7.51. The Labute approximate surface area is 130 Å². The number of nitrogens with zero attached hydrogens (tertiary/aromatic N) is 1. The van der Waals surface area contributed by atoms with Crippen LogP contribution < -0.4 is 14.8 Å². The molecule has 0 bridgehead atoms. The lowest BCUT2D eigenvalue weighted by Crippen LogP contribution is -2.33. The van der Waals surface area contributed by atoms with Crippen LogP contribution in [0.5, 0.6) is 11.5 Å². The number of benzene rings is 1. The van der Waals surface area contributed by atoms with Crippen molar-refractivity contribution in [3.05, 3.63) is 29.3 Å². The summed E-state index contributed by atoms with van der Waals surface area (Å²) in [5.41, 5.74) is 0.815. The molecule has 0 unspecified atom stereocenters. The lowest BCUT2D eigenvalue weighted by molar-refractivity contribution is -0.117. The van der Waals surface area contributed by atoms with Gasteiger partial charge in [-0.15, -0.1) is 0 Å². The van der Waals surface area contributed by atoms with Crippen molar-refractivity contribution in [2.75, 3.05) is 14.2 Å². The van der Waals surface area contributed by atoms with Gasteiger partial charge in [0.1, 0.15) is 11.6 Å². The minimum Gasteiger partial charge on any atom is -0.493 e. The van der Waals surface area contributed by atoms with Crippen LogP contribution >= 0.6 is 0 Å². The lowest BCUT2D eigenvalue weighted by Gasteiger charge is -2.11. The Kier molecular flexibility index (Phi) is 5.42. The maximum atomic E-state index is 12.2. The highest BCUT2D eigenvalue weighted by molar-refractivity contribution is 6.01. The molecule has 1 aliphatic rings. The molecule has 0 radical (unpaired) electrons. The molecule has 0 aliphatic heterocycles. The number of nitriles is 1. The zero-order valence-corrected chi connectivity index (χ0v) is 12.9. The van der Waals surface area contributed by atoms with Crippen LogP contribution in [0.1, 0.15) is 31.2 Å². The normalized spacial score (nSPS) is 15.2. The molecule has 0 aromatic heterocycles. The Morgan fingerprint density at radius 3 is 2.55 bits per heavy atom. The fourth-order valence-electron chi connectivity index (χ4n) is 2.59. The maximum absolute atomic E-state index is 12.2. The molecular weight excluding hydrogens is 280 g/mol. The predicted molar refractivity (Wildman–Crippen MR) is 83.5 cm³/mol. The van der Waals surface area contributed by atoms with Gasteiger partial charge in [-0.2, -0.15) is 5.26 Å². The molecular formula is C17H20N2O3. The van der Waals surface area contributed by atoms with Crippen molar-refractivity contribution >= 4 is 12.0 Å². The van der Waals surface area contributed by atoms with Gasteiger partial charge in [-0.05, 0) is 36.6 Å². The molecule has 1 aliphatic carbocycles. The number of rotatable bonds is 5. The van der Waals surface area contributed by atoms with E-state index in [9.17, 15) is 10.1 Å². The first-order valence-electron chi connectivity index (χ1n) is 7.32. The van der Waals surface area contributed by atoms with Crippen molar-refractivity contribution in [2.45, 2.75) is 31.7 Å². The summed E-state index contributed by atoms with van der Waals surface area (Å²) in [5, 5.41) is 12.1. The zero-order valence-electron chi connectivity index (χ0n) is 12.9. The third-order valence-corrected chi connectivity index (χ3v) is 3.77. The van der Waals surface area contributed by atoms with Crippen molar-refractivity contribution in [3.8, 4) is 17.6 Å². The van der Waals surface area contributed by atoms with Crippen LogP contribution in [-0.4, -0.2) is 26.2 Å². The first kappa shape index (κ1) is 15.9. The third-order valence-electron chi connectivity index (χ3n) is 3.77. The average molecular weight is 300 g/mol. The summed E-state index contributed by atoms with van der Waals surface area (Å²) in [6.45, 7) is 0. The quantitative estimate of drug-likeness (QED) is 0.670. The van der Waals surface area contributed by atoms with Gasteiger partial charge in [0.15, 0.2) is 11.5 Å². The van der Waals surface area contributed by atoms with Crippen LogP contribution in [0.2, 0.25) is 0 Å². The van der Waals surface area contributed by atoms with E-state index in [4.69, 9.17) is 9.47 Å². The van der Waals surface area contributed by atoms with Gasteiger partial charge >= 0.3 is 0 Å². The Hall–Kier alpha value is -2.48. The first-order chi connectivity index (χ1) is 10.7. The van der Waals surface area contributed by atoms with Crippen LogP contribution in [0.25, 0.3) is 6.08 Å². The Morgan fingerprint density at radius 2 is 1.95 bits per heavy atom. The summed E-state index contributed by atoms with van der Waals surface area (Å²) in [4.78, 5) is 12.2. The highest BCUT2D eigenvalue weighted by Crippen LogP contribution is 2.28. The second-order valence-corrected chi connectivity index (χ2v) is 5.24. The lowest BCUT2D eigenvalue weighted by atomic mass is 10.1. The number of carbonyl (C=O) groups is 1. The highest BCUT2D eigenvalue weighted by Gasteiger charge is 2.19. The van der Waals surface area contributed by atoms with Gasteiger partial charge in [0.25, 0.3) is 5.91 Å². The summed E-state index contributed by atoms with van der Waals surface area (Å²) in [7, 11) is 3.10. The molecule has 5 heteroatoms. The Morgan fingerprint density at radius 1 is 1.27 bits per heavy atom. The van der Waals surface area contributed by atoms with Gasteiger partial charge in [-0.25, -0.2) is 0 Å². The molecule has 0 saturated heterocycles. The molecule has 116 valence electrons. The van der Waals surface area contributed by atoms with E-state index in [2.05, 4.69) is 5.32 Å². The van der Waals surface area contributed by atoms with Crippen molar-refractivity contribution in [3.63, 3.8) is 0 Å². The average Bonchev–Trinajstić information content (AvgIpc) is 3.05. The van der Waals surface area contributed by atoms with E-state index in [1.165, 1.54) is 0 Å². The molecule has 1 amide bonds. The summed E-state index contributed by atoms with van der Waals surface area (Å²) < 4.78 is 10.4. The zero-order chi connectivity index (χ0) is 15.9. The van der Waals surface area contributed by atoms with Crippen LogP contribution in [0, 0.1) is 11.3 Å². The predicted octanol–water partition coefficient (Wildman–Crippen LogP) is 2.67. The van der Waals surface area contributed by atoms with E-state index in [1.807, 2.05) is 6.07 Å². The molecule has 22 heavy (non-hydrogen) atoms. The Balaban J connectivity index is 2.17. The molecule has 0 spiro atoms. The van der Waals surface area contributed by atoms with E-state index in [0.717, 1.165) is 31.2 Å². The molecule has 1 N–H and O–H groups in total. The number of hydrogen-bond acceptors (Lipinski definition) is 4. The van der Waals surface area contributed by atoms with Gasteiger partial charge in [0.2, 0.25) is 0 Å². The second-order valence-electron chi connectivity index (χ2n) is 5.24. The SMILES string of the molecule is COc1ccc(/C=C(/C#N)C(=O)NC2CCCC2)cc1OC.